The van der Waals surface area contributed by atoms with Crippen LogP contribution in [0.15, 0.2) is 36.8 Å². The normalized spacial score (nSPS) is 20.0. The van der Waals surface area contributed by atoms with E-state index in [0.29, 0.717) is 6.04 Å². The molecule has 5 heterocycles. The van der Waals surface area contributed by atoms with Crippen LogP contribution in [0.1, 0.15) is 41.4 Å². The molecule has 0 saturated carbocycles. The third kappa shape index (κ3) is 2.39. The molecule has 128 valence electrons. The van der Waals surface area contributed by atoms with Crippen molar-refractivity contribution >= 4 is 10.9 Å². The zero-order valence-corrected chi connectivity index (χ0v) is 14.8. The molecule has 1 saturated heterocycles. The number of hydrogen-bond donors (Lipinski definition) is 0. The third-order valence-electron chi connectivity index (χ3n) is 6.07. The standard InChI is InChI=1S/C21H24N4/c1-24-18-9-14-25-13-2-3-19(25)20(18)16-8-12-23-17(21(16)24)5-4-15-6-10-22-11-7-15/h6-8,10-12,19H,2-5,9,13-14H2,1H3. The molecule has 0 spiro atoms. The molecule has 1 atom stereocenters. The van der Waals surface area contributed by atoms with E-state index in [4.69, 9.17) is 4.98 Å². The molecule has 1 unspecified atom stereocenters. The van der Waals surface area contributed by atoms with Gasteiger partial charge in [-0.25, -0.2) is 0 Å². The number of fused-ring (bicyclic) bond motifs is 5. The van der Waals surface area contributed by atoms with Crippen molar-refractivity contribution < 1.29 is 0 Å². The number of rotatable bonds is 3. The summed E-state index contributed by atoms with van der Waals surface area (Å²) in [5.74, 6) is 0. The summed E-state index contributed by atoms with van der Waals surface area (Å²) in [5.41, 5.74) is 7.05. The first-order valence-electron chi connectivity index (χ1n) is 9.41. The fraction of sp³-hybridized carbons (Fsp3) is 0.429. The van der Waals surface area contributed by atoms with Crippen LogP contribution in [0.5, 0.6) is 0 Å². The van der Waals surface area contributed by atoms with Crippen LogP contribution in [0.4, 0.5) is 0 Å². The molecule has 25 heavy (non-hydrogen) atoms. The first-order chi connectivity index (χ1) is 12.3. The van der Waals surface area contributed by atoms with Crippen molar-refractivity contribution in [3.05, 3.63) is 59.3 Å². The summed E-state index contributed by atoms with van der Waals surface area (Å²) in [6, 6.07) is 7.08. The second kappa shape index (κ2) is 5.95. The molecule has 0 bridgehead atoms. The Morgan fingerprint density at radius 2 is 1.96 bits per heavy atom. The number of aryl methyl sites for hydroxylation is 3. The molecule has 3 aromatic rings. The van der Waals surface area contributed by atoms with E-state index < -0.39 is 0 Å². The minimum atomic E-state index is 0.628. The van der Waals surface area contributed by atoms with Gasteiger partial charge in [0.05, 0.1) is 11.2 Å². The summed E-state index contributed by atoms with van der Waals surface area (Å²) in [6.07, 6.45) is 11.6. The molecule has 5 rings (SSSR count). The van der Waals surface area contributed by atoms with Gasteiger partial charge in [0, 0.05) is 55.7 Å². The Balaban J connectivity index is 1.57. The molecule has 0 N–H and O–H groups in total. The lowest BCUT2D eigenvalue weighted by Crippen LogP contribution is -2.31. The fourth-order valence-electron chi connectivity index (χ4n) is 4.90. The van der Waals surface area contributed by atoms with Gasteiger partial charge in [-0.2, -0.15) is 0 Å². The van der Waals surface area contributed by atoms with E-state index in [-0.39, 0.29) is 0 Å². The predicted molar refractivity (Wildman–Crippen MR) is 99.6 cm³/mol. The Labute approximate surface area is 148 Å². The second-order valence-electron chi connectivity index (χ2n) is 7.37. The maximum absolute atomic E-state index is 4.76. The van der Waals surface area contributed by atoms with Crippen LogP contribution in [-0.4, -0.2) is 32.5 Å². The molecule has 1 fully saturated rings. The minimum Gasteiger partial charge on any atom is -0.346 e. The maximum Gasteiger partial charge on any atom is 0.0702 e. The van der Waals surface area contributed by atoms with Gasteiger partial charge in [0.25, 0.3) is 0 Å². The molecular formula is C21H24N4. The first-order valence-corrected chi connectivity index (χ1v) is 9.41. The van der Waals surface area contributed by atoms with Crippen molar-refractivity contribution in [2.24, 2.45) is 7.05 Å². The molecule has 0 aliphatic carbocycles. The number of hydrogen-bond acceptors (Lipinski definition) is 3. The number of pyridine rings is 2. The van der Waals surface area contributed by atoms with Gasteiger partial charge in [0.2, 0.25) is 0 Å². The highest BCUT2D eigenvalue weighted by atomic mass is 15.2. The molecule has 0 aromatic carbocycles. The van der Waals surface area contributed by atoms with E-state index in [1.54, 1.807) is 5.56 Å². The molecule has 2 aliphatic heterocycles. The van der Waals surface area contributed by atoms with Gasteiger partial charge in [-0.1, -0.05) is 0 Å². The van der Waals surface area contributed by atoms with Crippen LogP contribution >= 0.6 is 0 Å². The topological polar surface area (TPSA) is 34.0 Å². The lowest BCUT2D eigenvalue weighted by Gasteiger charge is -2.30. The SMILES string of the molecule is Cn1c2c(c3ccnc(CCc4ccncc4)c31)C1CCCN1CC2. The van der Waals surface area contributed by atoms with Crippen molar-refractivity contribution in [1.29, 1.82) is 0 Å². The lowest BCUT2D eigenvalue weighted by molar-refractivity contribution is 0.242. The van der Waals surface area contributed by atoms with E-state index in [2.05, 4.69) is 39.7 Å². The van der Waals surface area contributed by atoms with Crippen LogP contribution in [0.25, 0.3) is 10.9 Å². The van der Waals surface area contributed by atoms with E-state index in [9.17, 15) is 0 Å². The Bertz CT molecular complexity index is 913. The fourth-order valence-corrected chi connectivity index (χ4v) is 4.90. The average molecular weight is 332 g/mol. The summed E-state index contributed by atoms with van der Waals surface area (Å²) in [7, 11) is 2.24. The van der Waals surface area contributed by atoms with Crippen molar-refractivity contribution in [3.8, 4) is 0 Å². The monoisotopic (exact) mass is 332 g/mol. The molecule has 4 heteroatoms. The van der Waals surface area contributed by atoms with Crippen LogP contribution < -0.4 is 0 Å². The maximum atomic E-state index is 4.76. The first kappa shape index (κ1) is 15.1. The van der Waals surface area contributed by atoms with Gasteiger partial charge in [-0.3, -0.25) is 14.9 Å². The molecule has 0 radical (unpaired) electrons. The van der Waals surface area contributed by atoms with Gasteiger partial charge in [0.15, 0.2) is 0 Å². The zero-order valence-electron chi connectivity index (χ0n) is 14.8. The van der Waals surface area contributed by atoms with Gasteiger partial charge in [0.1, 0.15) is 0 Å². The Morgan fingerprint density at radius 1 is 1.08 bits per heavy atom. The van der Waals surface area contributed by atoms with E-state index in [0.717, 1.165) is 12.8 Å². The summed E-state index contributed by atoms with van der Waals surface area (Å²) in [4.78, 5) is 11.6. The van der Waals surface area contributed by atoms with Crippen molar-refractivity contribution in [1.82, 2.24) is 19.4 Å². The summed E-state index contributed by atoms with van der Waals surface area (Å²) in [5, 5.41) is 1.44. The van der Waals surface area contributed by atoms with Crippen LogP contribution in [0.3, 0.4) is 0 Å². The zero-order chi connectivity index (χ0) is 16.8. The number of nitrogens with zero attached hydrogens (tertiary/aromatic N) is 4. The van der Waals surface area contributed by atoms with Crippen molar-refractivity contribution in [3.63, 3.8) is 0 Å². The Kier molecular flexibility index (Phi) is 3.59. The highest BCUT2D eigenvalue weighted by Gasteiger charge is 2.35. The second-order valence-corrected chi connectivity index (χ2v) is 7.37. The lowest BCUT2D eigenvalue weighted by atomic mass is 9.96. The molecular weight excluding hydrogens is 308 g/mol. The van der Waals surface area contributed by atoms with Gasteiger partial charge >= 0.3 is 0 Å². The highest BCUT2D eigenvalue weighted by Crippen LogP contribution is 2.43. The van der Waals surface area contributed by atoms with Gasteiger partial charge < -0.3 is 4.57 Å². The van der Waals surface area contributed by atoms with E-state index >= 15 is 0 Å². The number of aromatic nitrogens is 3. The molecule has 4 nitrogen and oxygen atoms in total. The summed E-state index contributed by atoms with van der Waals surface area (Å²) in [6.45, 7) is 2.47. The molecule has 2 aliphatic rings. The smallest absolute Gasteiger partial charge is 0.0702 e. The average Bonchev–Trinajstić information content (AvgIpc) is 3.24. The van der Waals surface area contributed by atoms with Crippen LogP contribution in [0, 0.1) is 0 Å². The van der Waals surface area contributed by atoms with Crippen LogP contribution in [0.2, 0.25) is 0 Å². The Hall–Kier alpha value is -2.20. The molecule has 0 amide bonds. The van der Waals surface area contributed by atoms with Crippen molar-refractivity contribution in [2.45, 2.75) is 38.1 Å². The summed E-state index contributed by atoms with van der Waals surface area (Å²) >= 11 is 0. The predicted octanol–water partition coefficient (Wildman–Crippen LogP) is 3.45. The van der Waals surface area contributed by atoms with Crippen LogP contribution in [-0.2, 0) is 26.3 Å². The van der Waals surface area contributed by atoms with Crippen molar-refractivity contribution in [2.75, 3.05) is 13.1 Å². The Morgan fingerprint density at radius 3 is 2.84 bits per heavy atom. The largest absolute Gasteiger partial charge is 0.346 e. The van der Waals surface area contributed by atoms with Gasteiger partial charge in [-0.05, 0) is 61.6 Å². The molecule has 3 aromatic heterocycles. The minimum absolute atomic E-state index is 0.628. The highest BCUT2D eigenvalue weighted by molar-refractivity contribution is 5.88. The van der Waals surface area contributed by atoms with E-state index in [1.165, 1.54) is 60.2 Å². The quantitative estimate of drug-likeness (QED) is 0.737. The summed E-state index contributed by atoms with van der Waals surface area (Å²) < 4.78 is 2.44. The van der Waals surface area contributed by atoms with Gasteiger partial charge in [-0.15, -0.1) is 0 Å². The van der Waals surface area contributed by atoms with E-state index in [1.807, 2.05) is 18.6 Å². The third-order valence-corrected chi connectivity index (χ3v) is 6.07.